The van der Waals surface area contributed by atoms with Crippen molar-refractivity contribution >= 4 is 15.7 Å². The van der Waals surface area contributed by atoms with Gasteiger partial charge in [0, 0.05) is 6.04 Å². The van der Waals surface area contributed by atoms with Gasteiger partial charge in [-0.3, -0.25) is 4.79 Å². The molecule has 0 saturated heterocycles. The number of carbonyl (C=O) groups is 1. The van der Waals surface area contributed by atoms with Gasteiger partial charge in [-0.2, -0.15) is 0 Å². The average Bonchev–Trinajstić information content (AvgIpc) is 2.51. The molecule has 0 unspecified atom stereocenters. The van der Waals surface area contributed by atoms with Crippen LogP contribution in [0.15, 0.2) is 24.3 Å². The second kappa shape index (κ2) is 7.43. The SMILES string of the molecule is CC1CCC(NC(=O)[C@H](C)S(=O)(=O)Cc2ccc(F)cc2)CC1. The molecule has 23 heavy (non-hydrogen) atoms. The van der Waals surface area contributed by atoms with E-state index in [1.807, 2.05) is 0 Å². The summed E-state index contributed by atoms with van der Waals surface area (Å²) in [6.07, 6.45) is 3.92. The van der Waals surface area contributed by atoms with Gasteiger partial charge in [0.1, 0.15) is 11.1 Å². The van der Waals surface area contributed by atoms with E-state index in [0.29, 0.717) is 11.5 Å². The van der Waals surface area contributed by atoms with E-state index in [-0.39, 0.29) is 11.8 Å². The molecule has 0 bridgehead atoms. The van der Waals surface area contributed by atoms with Crippen LogP contribution in [0.25, 0.3) is 0 Å². The van der Waals surface area contributed by atoms with E-state index in [9.17, 15) is 17.6 Å². The Kier molecular flexibility index (Phi) is 5.79. The van der Waals surface area contributed by atoms with Crippen LogP contribution in [-0.4, -0.2) is 25.6 Å². The third-order valence-corrected chi connectivity index (χ3v) is 6.58. The van der Waals surface area contributed by atoms with Crippen molar-refractivity contribution in [2.24, 2.45) is 5.92 Å². The Morgan fingerprint density at radius 3 is 2.35 bits per heavy atom. The Morgan fingerprint density at radius 2 is 1.78 bits per heavy atom. The number of hydrogen-bond acceptors (Lipinski definition) is 3. The molecule has 1 atom stereocenters. The third-order valence-electron chi connectivity index (χ3n) is 4.55. The van der Waals surface area contributed by atoms with Gasteiger partial charge in [0.2, 0.25) is 5.91 Å². The van der Waals surface area contributed by atoms with Crippen molar-refractivity contribution in [3.05, 3.63) is 35.6 Å². The highest BCUT2D eigenvalue weighted by Gasteiger charge is 2.30. The number of sulfone groups is 1. The number of hydrogen-bond donors (Lipinski definition) is 1. The summed E-state index contributed by atoms with van der Waals surface area (Å²) < 4.78 is 37.6. The molecule has 1 amide bonds. The van der Waals surface area contributed by atoms with Crippen LogP contribution in [0.1, 0.15) is 45.1 Å². The first kappa shape index (κ1) is 17.9. The lowest BCUT2D eigenvalue weighted by Gasteiger charge is -2.27. The van der Waals surface area contributed by atoms with Crippen LogP contribution >= 0.6 is 0 Å². The molecule has 1 aromatic rings. The van der Waals surface area contributed by atoms with Crippen LogP contribution in [-0.2, 0) is 20.4 Å². The topological polar surface area (TPSA) is 63.2 Å². The molecule has 1 saturated carbocycles. The third kappa shape index (κ3) is 5.03. The van der Waals surface area contributed by atoms with Crippen molar-refractivity contribution in [3.63, 3.8) is 0 Å². The van der Waals surface area contributed by atoms with Gasteiger partial charge < -0.3 is 5.32 Å². The first-order chi connectivity index (χ1) is 10.8. The lowest BCUT2D eigenvalue weighted by atomic mass is 9.87. The molecule has 1 aliphatic rings. The molecule has 128 valence electrons. The van der Waals surface area contributed by atoms with E-state index in [4.69, 9.17) is 0 Å². The van der Waals surface area contributed by atoms with Crippen molar-refractivity contribution in [3.8, 4) is 0 Å². The number of rotatable bonds is 5. The molecule has 1 fully saturated rings. The summed E-state index contributed by atoms with van der Waals surface area (Å²) in [5.41, 5.74) is 0.484. The summed E-state index contributed by atoms with van der Waals surface area (Å²) in [5, 5.41) is 1.76. The van der Waals surface area contributed by atoms with Crippen LogP contribution in [0.4, 0.5) is 4.39 Å². The van der Waals surface area contributed by atoms with Gasteiger partial charge in [-0.25, -0.2) is 12.8 Å². The van der Waals surface area contributed by atoms with E-state index in [0.717, 1.165) is 25.7 Å². The summed E-state index contributed by atoms with van der Waals surface area (Å²) >= 11 is 0. The average molecular weight is 341 g/mol. The van der Waals surface area contributed by atoms with Gasteiger partial charge in [0.05, 0.1) is 5.75 Å². The maximum absolute atomic E-state index is 12.9. The quantitative estimate of drug-likeness (QED) is 0.896. The molecule has 1 aromatic carbocycles. The van der Waals surface area contributed by atoms with Crippen molar-refractivity contribution < 1.29 is 17.6 Å². The predicted octanol–water partition coefficient (Wildman–Crippen LogP) is 2.82. The maximum Gasteiger partial charge on any atom is 0.238 e. The fourth-order valence-electron chi connectivity index (χ4n) is 2.82. The van der Waals surface area contributed by atoms with Gasteiger partial charge in [-0.15, -0.1) is 0 Å². The fraction of sp³-hybridized carbons (Fsp3) is 0.588. The van der Waals surface area contributed by atoms with Crippen LogP contribution in [0.2, 0.25) is 0 Å². The van der Waals surface area contributed by atoms with Gasteiger partial charge in [0.25, 0.3) is 0 Å². The molecule has 2 rings (SSSR count). The van der Waals surface area contributed by atoms with Crippen molar-refractivity contribution in [2.45, 2.75) is 56.6 Å². The molecular formula is C17H24FNO3S. The first-order valence-corrected chi connectivity index (χ1v) is 9.76. The predicted molar refractivity (Wildman–Crippen MR) is 88.0 cm³/mol. The molecule has 0 radical (unpaired) electrons. The van der Waals surface area contributed by atoms with E-state index in [2.05, 4.69) is 12.2 Å². The molecule has 0 aliphatic heterocycles. The number of amides is 1. The van der Waals surface area contributed by atoms with Gasteiger partial charge >= 0.3 is 0 Å². The Bertz CT molecular complexity index is 634. The summed E-state index contributed by atoms with van der Waals surface area (Å²) in [5.74, 6) is -0.443. The van der Waals surface area contributed by atoms with Crippen LogP contribution in [0, 0.1) is 11.7 Å². The van der Waals surface area contributed by atoms with Crippen molar-refractivity contribution in [1.29, 1.82) is 0 Å². The zero-order valence-corrected chi connectivity index (χ0v) is 14.4. The Morgan fingerprint density at radius 1 is 1.22 bits per heavy atom. The van der Waals surface area contributed by atoms with Crippen LogP contribution in [0.5, 0.6) is 0 Å². The molecular weight excluding hydrogens is 317 g/mol. The Labute approximate surface area is 137 Å². The molecule has 0 heterocycles. The lowest BCUT2D eigenvalue weighted by Crippen LogP contribution is -2.44. The minimum absolute atomic E-state index is 0.0715. The van der Waals surface area contributed by atoms with E-state index in [1.54, 1.807) is 0 Å². The summed E-state index contributed by atoms with van der Waals surface area (Å²) in [6.45, 7) is 3.60. The molecule has 4 nitrogen and oxygen atoms in total. The highest BCUT2D eigenvalue weighted by atomic mass is 32.2. The highest BCUT2D eigenvalue weighted by Crippen LogP contribution is 2.23. The van der Waals surface area contributed by atoms with E-state index >= 15 is 0 Å². The van der Waals surface area contributed by atoms with Gasteiger partial charge in [-0.05, 0) is 56.2 Å². The summed E-state index contributed by atoms with van der Waals surface area (Å²) in [4.78, 5) is 12.2. The largest absolute Gasteiger partial charge is 0.352 e. The maximum atomic E-state index is 12.9. The Balaban J connectivity index is 1.95. The minimum atomic E-state index is -3.62. The highest BCUT2D eigenvalue weighted by molar-refractivity contribution is 7.92. The monoisotopic (exact) mass is 341 g/mol. The minimum Gasteiger partial charge on any atom is -0.352 e. The molecule has 0 spiro atoms. The second-order valence-corrected chi connectivity index (χ2v) is 8.86. The normalized spacial score (nSPS) is 23.3. The number of halogens is 1. The van der Waals surface area contributed by atoms with Crippen molar-refractivity contribution in [2.75, 3.05) is 0 Å². The van der Waals surface area contributed by atoms with Gasteiger partial charge in [-0.1, -0.05) is 19.1 Å². The van der Waals surface area contributed by atoms with Crippen molar-refractivity contribution in [1.82, 2.24) is 5.32 Å². The standard InChI is InChI=1S/C17H24FNO3S/c1-12-3-9-16(10-4-12)19-17(20)13(2)23(21,22)11-14-5-7-15(18)8-6-14/h5-8,12-13,16H,3-4,9-11H2,1-2H3,(H,19,20)/t12?,13-,16?/m0/s1. The second-order valence-electron chi connectivity index (χ2n) is 6.54. The number of benzene rings is 1. The smallest absolute Gasteiger partial charge is 0.238 e. The van der Waals surface area contributed by atoms with E-state index in [1.165, 1.54) is 31.2 Å². The van der Waals surface area contributed by atoms with Crippen LogP contribution in [0.3, 0.4) is 0 Å². The summed E-state index contributed by atoms with van der Waals surface area (Å²) in [7, 11) is -3.62. The number of carbonyl (C=O) groups excluding carboxylic acids is 1. The summed E-state index contributed by atoms with van der Waals surface area (Å²) in [6, 6.07) is 5.37. The van der Waals surface area contributed by atoms with Crippen LogP contribution < -0.4 is 5.32 Å². The van der Waals surface area contributed by atoms with Gasteiger partial charge in [0.15, 0.2) is 9.84 Å². The zero-order chi connectivity index (χ0) is 17.0. The number of nitrogens with one attached hydrogen (secondary N) is 1. The molecule has 1 aliphatic carbocycles. The fourth-order valence-corrected chi connectivity index (χ4v) is 4.13. The first-order valence-electron chi connectivity index (χ1n) is 8.04. The zero-order valence-electron chi connectivity index (χ0n) is 13.6. The molecule has 1 N–H and O–H groups in total. The molecule has 6 heteroatoms. The Hall–Kier alpha value is -1.43. The van der Waals surface area contributed by atoms with E-state index < -0.39 is 26.8 Å². The lowest BCUT2D eigenvalue weighted by molar-refractivity contribution is -0.121. The molecule has 0 aromatic heterocycles.